The van der Waals surface area contributed by atoms with Gasteiger partial charge in [-0.25, -0.2) is 9.18 Å². The fourth-order valence-electron chi connectivity index (χ4n) is 4.36. The summed E-state index contributed by atoms with van der Waals surface area (Å²) in [5, 5.41) is 2.86. The summed E-state index contributed by atoms with van der Waals surface area (Å²) in [6.07, 6.45) is 2.30. The number of hydrogen-bond donors (Lipinski definition) is 2. The first kappa shape index (κ1) is 24.5. The van der Waals surface area contributed by atoms with Crippen LogP contribution >= 0.6 is 0 Å². The molecule has 1 aliphatic rings. The fourth-order valence-corrected chi connectivity index (χ4v) is 4.36. The number of amides is 2. The van der Waals surface area contributed by atoms with Gasteiger partial charge in [0.1, 0.15) is 11.5 Å². The normalized spacial score (nSPS) is 15.9. The maximum atomic E-state index is 13.3. The lowest BCUT2D eigenvalue weighted by Gasteiger charge is -2.32. The Morgan fingerprint density at radius 3 is 2.79 bits per heavy atom. The number of aryl methyl sites for hydroxylation is 1. The SMILES string of the molecule is CCOC(=O)c1[nH]c(C)c(CCC(=O)N2CCC[C@@H](C(=O)NCc3cccc(F)c3)C2)c1C. The highest BCUT2D eigenvalue weighted by molar-refractivity contribution is 5.90. The molecule has 0 bridgehead atoms. The predicted octanol–water partition coefficient (Wildman–Crippen LogP) is 3.43. The molecule has 7 nitrogen and oxygen atoms in total. The van der Waals surface area contributed by atoms with Crippen molar-refractivity contribution in [3.05, 3.63) is 58.2 Å². The first-order chi connectivity index (χ1) is 15.8. The Morgan fingerprint density at radius 1 is 1.27 bits per heavy atom. The zero-order valence-corrected chi connectivity index (χ0v) is 19.5. The van der Waals surface area contributed by atoms with Crippen molar-refractivity contribution in [3.8, 4) is 0 Å². The van der Waals surface area contributed by atoms with Crippen LogP contribution in [0.3, 0.4) is 0 Å². The van der Waals surface area contributed by atoms with E-state index in [4.69, 9.17) is 4.74 Å². The minimum atomic E-state index is -0.390. The zero-order chi connectivity index (χ0) is 24.0. The molecule has 2 heterocycles. The molecule has 0 aliphatic carbocycles. The number of nitrogens with zero attached hydrogens (tertiary/aromatic N) is 1. The molecule has 1 aromatic heterocycles. The van der Waals surface area contributed by atoms with Crippen molar-refractivity contribution in [1.29, 1.82) is 0 Å². The van der Waals surface area contributed by atoms with Crippen LogP contribution in [0.1, 0.15) is 59.1 Å². The number of halogens is 1. The third kappa shape index (κ3) is 6.21. The second kappa shape index (κ2) is 11.1. The molecule has 8 heteroatoms. The van der Waals surface area contributed by atoms with Gasteiger partial charge in [-0.2, -0.15) is 0 Å². The van der Waals surface area contributed by atoms with Gasteiger partial charge in [-0.3, -0.25) is 9.59 Å². The van der Waals surface area contributed by atoms with Gasteiger partial charge in [0.2, 0.25) is 11.8 Å². The highest BCUT2D eigenvalue weighted by atomic mass is 19.1. The summed E-state index contributed by atoms with van der Waals surface area (Å²) in [5.41, 5.74) is 3.76. The third-order valence-electron chi connectivity index (χ3n) is 6.16. The number of aromatic amines is 1. The number of carbonyl (C=O) groups excluding carboxylic acids is 3. The topological polar surface area (TPSA) is 91.5 Å². The molecule has 0 spiro atoms. The Labute approximate surface area is 193 Å². The van der Waals surface area contributed by atoms with Crippen molar-refractivity contribution < 1.29 is 23.5 Å². The van der Waals surface area contributed by atoms with E-state index in [1.165, 1.54) is 12.1 Å². The smallest absolute Gasteiger partial charge is 0.355 e. The number of likely N-dealkylation sites (tertiary alicyclic amines) is 1. The van der Waals surface area contributed by atoms with E-state index < -0.39 is 0 Å². The lowest BCUT2D eigenvalue weighted by atomic mass is 9.96. The van der Waals surface area contributed by atoms with Crippen LogP contribution in [0.5, 0.6) is 0 Å². The summed E-state index contributed by atoms with van der Waals surface area (Å²) in [6, 6.07) is 6.14. The Hall–Kier alpha value is -3.16. The largest absolute Gasteiger partial charge is 0.461 e. The average Bonchev–Trinajstić information content (AvgIpc) is 3.09. The van der Waals surface area contributed by atoms with Gasteiger partial charge in [0.25, 0.3) is 0 Å². The minimum Gasteiger partial charge on any atom is -0.461 e. The van der Waals surface area contributed by atoms with Crippen molar-refractivity contribution in [2.24, 2.45) is 5.92 Å². The number of aromatic nitrogens is 1. The molecule has 2 amide bonds. The highest BCUT2D eigenvalue weighted by Gasteiger charge is 2.28. The molecule has 1 aromatic carbocycles. The molecule has 3 rings (SSSR count). The van der Waals surface area contributed by atoms with E-state index in [1.807, 2.05) is 13.8 Å². The summed E-state index contributed by atoms with van der Waals surface area (Å²) in [7, 11) is 0. The van der Waals surface area contributed by atoms with Gasteiger partial charge < -0.3 is 19.9 Å². The van der Waals surface area contributed by atoms with Crippen LogP contribution in [0.25, 0.3) is 0 Å². The van der Waals surface area contributed by atoms with Gasteiger partial charge in [0.05, 0.1) is 12.5 Å². The number of piperidine rings is 1. The highest BCUT2D eigenvalue weighted by Crippen LogP contribution is 2.22. The van der Waals surface area contributed by atoms with Crippen LogP contribution in [0.4, 0.5) is 4.39 Å². The molecule has 1 saturated heterocycles. The van der Waals surface area contributed by atoms with Gasteiger partial charge in [0.15, 0.2) is 0 Å². The van der Waals surface area contributed by atoms with Crippen molar-refractivity contribution in [1.82, 2.24) is 15.2 Å². The number of H-pyrrole nitrogens is 1. The Morgan fingerprint density at radius 2 is 2.06 bits per heavy atom. The quantitative estimate of drug-likeness (QED) is 0.594. The van der Waals surface area contributed by atoms with Gasteiger partial charge in [-0.15, -0.1) is 0 Å². The average molecular weight is 458 g/mol. The molecule has 178 valence electrons. The molecule has 0 radical (unpaired) electrons. The van der Waals surface area contributed by atoms with Crippen LogP contribution in [0.15, 0.2) is 24.3 Å². The molecule has 33 heavy (non-hydrogen) atoms. The van der Waals surface area contributed by atoms with Gasteiger partial charge in [0, 0.05) is 31.7 Å². The summed E-state index contributed by atoms with van der Waals surface area (Å²) in [6.45, 7) is 7.08. The molecule has 2 N–H and O–H groups in total. The van der Waals surface area contributed by atoms with Gasteiger partial charge in [-0.05, 0) is 68.9 Å². The van der Waals surface area contributed by atoms with Crippen LogP contribution in [-0.4, -0.2) is 47.4 Å². The van der Waals surface area contributed by atoms with E-state index in [9.17, 15) is 18.8 Å². The van der Waals surface area contributed by atoms with Crippen molar-refractivity contribution >= 4 is 17.8 Å². The monoisotopic (exact) mass is 457 g/mol. The molecule has 0 saturated carbocycles. The number of esters is 1. The van der Waals surface area contributed by atoms with E-state index >= 15 is 0 Å². The van der Waals surface area contributed by atoms with E-state index in [1.54, 1.807) is 24.0 Å². The zero-order valence-electron chi connectivity index (χ0n) is 19.5. The number of ether oxygens (including phenoxy) is 1. The van der Waals surface area contributed by atoms with Crippen LogP contribution in [0.2, 0.25) is 0 Å². The number of carbonyl (C=O) groups is 3. The number of rotatable bonds is 8. The van der Waals surface area contributed by atoms with E-state index in [0.29, 0.717) is 43.8 Å². The van der Waals surface area contributed by atoms with Crippen molar-refractivity contribution in [2.45, 2.75) is 53.0 Å². The second-order valence-electron chi connectivity index (χ2n) is 8.48. The lowest BCUT2D eigenvalue weighted by Crippen LogP contribution is -2.45. The molecular formula is C25H32FN3O4. The summed E-state index contributed by atoms with van der Waals surface area (Å²) >= 11 is 0. The predicted molar refractivity (Wildman–Crippen MR) is 122 cm³/mol. The number of nitrogens with one attached hydrogen (secondary N) is 2. The summed E-state index contributed by atoms with van der Waals surface area (Å²) in [4.78, 5) is 42.4. The van der Waals surface area contributed by atoms with Gasteiger partial charge in [-0.1, -0.05) is 12.1 Å². The third-order valence-corrected chi connectivity index (χ3v) is 6.16. The Kier molecular flexibility index (Phi) is 8.25. The summed E-state index contributed by atoms with van der Waals surface area (Å²) in [5.74, 6) is -1.12. The first-order valence-electron chi connectivity index (χ1n) is 11.4. The number of hydrogen-bond acceptors (Lipinski definition) is 4. The van der Waals surface area contributed by atoms with Crippen LogP contribution in [0, 0.1) is 25.6 Å². The van der Waals surface area contributed by atoms with Gasteiger partial charge >= 0.3 is 5.97 Å². The van der Waals surface area contributed by atoms with E-state index in [-0.39, 0.29) is 36.1 Å². The fraction of sp³-hybridized carbons (Fsp3) is 0.480. The minimum absolute atomic E-state index is 0.00434. The maximum absolute atomic E-state index is 13.3. The molecule has 1 fully saturated rings. The van der Waals surface area contributed by atoms with E-state index in [0.717, 1.165) is 29.7 Å². The van der Waals surface area contributed by atoms with Crippen LogP contribution in [-0.2, 0) is 27.3 Å². The van der Waals surface area contributed by atoms with Crippen molar-refractivity contribution in [3.63, 3.8) is 0 Å². The molecule has 1 atom stereocenters. The lowest BCUT2D eigenvalue weighted by molar-refractivity contribution is -0.135. The first-order valence-corrected chi connectivity index (χ1v) is 11.4. The molecule has 0 unspecified atom stereocenters. The molecule has 2 aromatic rings. The Bertz CT molecular complexity index is 1020. The van der Waals surface area contributed by atoms with E-state index in [2.05, 4.69) is 10.3 Å². The number of benzene rings is 1. The standard InChI is InChI=1S/C25H32FN3O4/c1-4-33-25(32)23-16(2)21(17(3)28-23)10-11-22(30)29-12-6-8-19(15-29)24(31)27-14-18-7-5-9-20(26)13-18/h5,7,9,13,19,28H,4,6,8,10-12,14-15H2,1-3H3,(H,27,31)/t19-/m1/s1. The van der Waals surface area contributed by atoms with Crippen LogP contribution < -0.4 is 5.32 Å². The molecule has 1 aliphatic heterocycles. The maximum Gasteiger partial charge on any atom is 0.355 e. The Balaban J connectivity index is 1.53. The van der Waals surface area contributed by atoms with Crippen molar-refractivity contribution in [2.75, 3.05) is 19.7 Å². The summed E-state index contributed by atoms with van der Waals surface area (Å²) < 4.78 is 18.4. The molecular weight excluding hydrogens is 425 g/mol. The second-order valence-corrected chi connectivity index (χ2v) is 8.48.